The van der Waals surface area contributed by atoms with E-state index in [9.17, 15) is 9.59 Å². The molecule has 1 N–H and O–H groups in total. The van der Waals surface area contributed by atoms with Crippen molar-refractivity contribution in [2.75, 3.05) is 19.8 Å². The van der Waals surface area contributed by atoms with Crippen LogP contribution in [0, 0.1) is 5.92 Å². The number of carbonyl (C=O) groups excluding carboxylic acids is 1. The summed E-state index contributed by atoms with van der Waals surface area (Å²) in [6, 6.07) is 1.74. The van der Waals surface area contributed by atoms with Crippen molar-refractivity contribution in [1.82, 2.24) is 14.9 Å². The molecule has 0 spiro atoms. The number of rotatable bonds is 4. The van der Waals surface area contributed by atoms with Crippen LogP contribution in [0.2, 0.25) is 0 Å². The van der Waals surface area contributed by atoms with E-state index < -0.39 is 0 Å². The molecule has 3 heterocycles. The van der Waals surface area contributed by atoms with Gasteiger partial charge in [0.05, 0.1) is 18.3 Å². The van der Waals surface area contributed by atoms with E-state index in [0.29, 0.717) is 29.3 Å². The van der Waals surface area contributed by atoms with Crippen LogP contribution < -0.4 is 10.9 Å². The van der Waals surface area contributed by atoms with Gasteiger partial charge in [0, 0.05) is 19.1 Å². The normalized spacial score (nSPS) is 18.5. The van der Waals surface area contributed by atoms with Crippen LogP contribution in [0.5, 0.6) is 0 Å². The SMILES string of the molecule is O=C(Cn1cnc2sccc2c1=O)NC[C@H]1CCOC1. The molecule has 2 aromatic heterocycles. The van der Waals surface area contributed by atoms with Crippen molar-refractivity contribution in [3.63, 3.8) is 0 Å². The van der Waals surface area contributed by atoms with Crippen LogP contribution in [0.3, 0.4) is 0 Å². The van der Waals surface area contributed by atoms with Crippen LogP contribution in [0.25, 0.3) is 10.2 Å². The molecule has 0 radical (unpaired) electrons. The zero-order chi connectivity index (χ0) is 13.9. The number of ether oxygens (including phenoxy) is 1. The van der Waals surface area contributed by atoms with E-state index >= 15 is 0 Å². The monoisotopic (exact) mass is 293 g/mol. The number of nitrogens with one attached hydrogen (secondary N) is 1. The van der Waals surface area contributed by atoms with Crippen molar-refractivity contribution < 1.29 is 9.53 Å². The summed E-state index contributed by atoms with van der Waals surface area (Å²) in [5, 5.41) is 5.23. The zero-order valence-corrected chi connectivity index (χ0v) is 11.7. The second kappa shape index (κ2) is 5.72. The minimum absolute atomic E-state index is 0.00516. The van der Waals surface area contributed by atoms with Crippen molar-refractivity contribution in [3.05, 3.63) is 28.1 Å². The molecule has 0 unspecified atom stereocenters. The number of carbonyl (C=O) groups is 1. The number of thiophene rings is 1. The molecule has 20 heavy (non-hydrogen) atoms. The lowest BCUT2D eigenvalue weighted by Gasteiger charge is -2.10. The van der Waals surface area contributed by atoms with E-state index in [1.54, 1.807) is 6.07 Å². The first-order chi connectivity index (χ1) is 9.74. The van der Waals surface area contributed by atoms with E-state index in [1.165, 1.54) is 22.2 Å². The Morgan fingerprint density at radius 2 is 2.50 bits per heavy atom. The molecule has 3 rings (SSSR count). The summed E-state index contributed by atoms with van der Waals surface area (Å²) >= 11 is 1.42. The molecule has 1 atom stereocenters. The maximum absolute atomic E-state index is 12.1. The van der Waals surface area contributed by atoms with Gasteiger partial charge in [0.25, 0.3) is 5.56 Å². The van der Waals surface area contributed by atoms with Gasteiger partial charge in [-0.2, -0.15) is 0 Å². The molecular weight excluding hydrogens is 278 g/mol. The van der Waals surface area contributed by atoms with Crippen LogP contribution in [0.4, 0.5) is 0 Å². The Balaban J connectivity index is 1.64. The molecule has 6 nitrogen and oxygen atoms in total. The third-order valence-electron chi connectivity index (χ3n) is 3.38. The van der Waals surface area contributed by atoms with Crippen molar-refractivity contribution in [2.24, 2.45) is 5.92 Å². The van der Waals surface area contributed by atoms with Crippen molar-refractivity contribution in [2.45, 2.75) is 13.0 Å². The van der Waals surface area contributed by atoms with Gasteiger partial charge in [0.1, 0.15) is 11.4 Å². The first-order valence-corrected chi connectivity index (χ1v) is 7.39. The van der Waals surface area contributed by atoms with Gasteiger partial charge in [0.15, 0.2) is 0 Å². The van der Waals surface area contributed by atoms with Gasteiger partial charge in [0.2, 0.25) is 5.91 Å². The number of hydrogen-bond donors (Lipinski definition) is 1. The molecule has 0 aromatic carbocycles. The molecule has 1 aliphatic heterocycles. The highest BCUT2D eigenvalue weighted by atomic mass is 32.1. The Bertz CT molecular complexity index is 673. The maximum Gasteiger partial charge on any atom is 0.262 e. The number of amides is 1. The van der Waals surface area contributed by atoms with Gasteiger partial charge in [-0.25, -0.2) is 4.98 Å². The number of fused-ring (bicyclic) bond motifs is 1. The molecule has 1 saturated heterocycles. The minimum Gasteiger partial charge on any atom is -0.381 e. The molecule has 1 aliphatic rings. The summed E-state index contributed by atoms with van der Waals surface area (Å²) in [6.07, 6.45) is 2.40. The molecule has 0 saturated carbocycles. The molecule has 0 aliphatic carbocycles. The van der Waals surface area contributed by atoms with Gasteiger partial charge < -0.3 is 10.1 Å². The van der Waals surface area contributed by atoms with Gasteiger partial charge in [-0.15, -0.1) is 11.3 Å². The quantitative estimate of drug-likeness (QED) is 0.896. The third kappa shape index (κ3) is 2.73. The van der Waals surface area contributed by atoms with Gasteiger partial charge in [-0.05, 0) is 17.9 Å². The average Bonchev–Trinajstić information content (AvgIpc) is 3.10. The highest BCUT2D eigenvalue weighted by Gasteiger charge is 2.16. The average molecular weight is 293 g/mol. The fourth-order valence-electron chi connectivity index (χ4n) is 2.22. The van der Waals surface area contributed by atoms with Crippen LogP contribution >= 0.6 is 11.3 Å². The first-order valence-electron chi connectivity index (χ1n) is 6.51. The summed E-state index contributed by atoms with van der Waals surface area (Å²) in [7, 11) is 0. The van der Waals surface area contributed by atoms with Crippen LogP contribution in [-0.4, -0.2) is 35.2 Å². The van der Waals surface area contributed by atoms with Crippen LogP contribution in [0.15, 0.2) is 22.6 Å². The highest BCUT2D eigenvalue weighted by Crippen LogP contribution is 2.13. The second-order valence-electron chi connectivity index (χ2n) is 4.85. The molecular formula is C13H15N3O3S. The molecule has 7 heteroatoms. The van der Waals surface area contributed by atoms with Crippen molar-refractivity contribution in [1.29, 1.82) is 0 Å². The Kier molecular flexibility index (Phi) is 3.79. The molecule has 0 bridgehead atoms. The fraction of sp³-hybridized carbons (Fsp3) is 0.462. The van der Waals surface area contributed by atoms with Crippen molar-refractivity contribution >= 4 is 27.5 Å². The lowest BCUT2D eigenvalue weighted by molar-refractivity contribution is -0.121. The summed E-state index contributed by atoms with van der Waals surface area (Å²) in [5.41, 5.74) is -0.171. The zero-order valence-electron chi connectivity index (χ0n) is 10.9. The van der Waals surface area contributed by atoms with Gasteiger partial charge in [-0.3, -0.25) is 14.2 Å². The number of aromatic nitrogens is 2. The standard InChI is InChI=1S/C13H15N3O3S/c17-11(14-5-9-1-3-19-7-9)6-16-8-15-12-10(13(16)18)2-4-20-12/h2,4,8-9H,1,3,5-7H2,(H,14,17)/t9-/m1/s1. The Labute approximate surface area is 119 Å². The summed E-state index contributed by atoms with van der Waals surface area (Å²) < 4.78 is 6.59. The topological polar surface area (TPSA) is 73.2 Å². The lowest BCUT2D eigenvalue weighted by Crippen LogP contribution is -2.35. The Hall–Kier alpha value is -1.73. The first kappa shape index (κ1) is 13.3. The van der Waals surface area contributed by atoms with Crippen molar-refractivity contribution in [3.8, 4) is 0 Å². The van der Waals surface area contributed by atoms with Gasteiger partial charge >= 0.3 is 0 Å². The van der Waals surface area contributed by atoms with E-state index in [1.807, 2.05) is 5.38 Å². The van der Waals surface area contributed by atoms with E-state index in [4.69, 9.17) is 4.74 Å². The predicted octanol–water partition coefficient (Wildman–Crippen LogP) is 0.611. The van der Waals surface area contributed by atoms with E-state index in [0.717, 1.165) is 13.0 Å². The Morgan fingerprint density at radius 3 is 3.30 bits per heavy atom. The summed E-state index contributed by atoms with van der Waals surface area (Å²) in [5.74, 6) is 0.212. The number of nitrogens with zero attached hydrogens (tertiary/aromatic N) is 2. The van der Waals surface area contributed by atoms with E-state index in [-0.39, 0.29) is 18.0 Å². The summed E-state index contributed by atoms with van der Waals surface area (Å²) in [6.45, 7) is 2.06. The van der Waals surface area contributed by atoms with Crippen LogP contribution in [-0.2, 0) is 16.1 Å². The maximum atomic E-state index is 12.1. The smallest absolute Gasteiger partial charge is 0.262 e. The Morgan fingerprint density at radius 1 is 1.60 bits per heavy atom. The molecule has 106 valence electrons. The predicted molar refractivity (Wildman–Crippen MR) is 75.8 cm³/mol. The highest BCUT2D eigenvalue weighted by molar-refractivity contribution is 7.16. The van der Waals surface area contributed by atoms with Gasteiger partial charge in [-0.1, -0.05) is 0 Å². The third-order valence-corrected chi connectivity index (χ3v) is 4.20. The lowest BCUT2D eigenvalue weighted by atomic mass is 10.1. The second-order valence-corrected chi connectivity index (χ2v) is 5.75. The minimum atomic E-state index is -0.171. The summed E-state index contributed by atoms with van der Waals surface area (Å²) in [4.78, 5) is 28.9. The van der Waals surface area contributed by atoms with Crippen LogP contribution in [0.1, 0.15) is 6.42 Å². The largest absolute Gasteiger partial charge is 0.381 e. The fourth-order valence-corrected chi connectivity index (χ4v) is 2.94. The number of hydrogen-bond acceptors (Lipinski definition) is 5. The van der Waals surface area contributed by atoms with E-state index in [2.05, 4.69) is 10.3 Å². The molecule has 2 aromatic rings. The molecule has 1 amide bonds. The molecule has 1 fully saturated rings.